The second kappa shape index (κ2) is 6.75. The van der Waals surface area contributed by atoms with E-state index >= 15 is 0 Å². The minimum atomic E-state index is 0.274. The van der Waals surface area contributed by atoms with E-state index in [9.17, 15) is 0 Å². The Kier molecular flexibility index (Phi) is 4.53. The number of aryl methyl sites for hydroxylation is 1. The molecule has 0 aliphatic heterocycles. The highest BCUT2D eigenvalue weighted by Gasteiger charge is 2.09. The molecule has 0 amide bonds. The predicted octanol–water partition coefficient (Wildman–Crippen LogP) is 3.64. The molecule has 1 aromatic carbocycles. The zero-order chi connectivity index (χ0) is 16.2. The molecular formula is C19H22N4. The number of hydrogen-bond acceptors (Lipinski definition) is 3. The predicted molar refractivity (Wildman–Crippen MR) is 92.9 cm³/mol. The van der Waals surface area contributed by atoms with Crippen LogP contribution in [0.25, 0.3) is 11.1 Å². The van der Waals surface area contributed by atoms with Gasteiger partial charge in [-0.3, -0.25) is 9.67 Å². The summed E-state index contributed by atoms with van der Waals surface area (Å²) in [5.41, 5.74) is 6.13. The number of aromatic nitrogens is 3. The van der Waals surface area contributed by atoms with Crippen LogP contribution in [0.2, 0.25) is 0 Å². The van der Waals surface area contributed by atoms with Gasteiger partial charge in [-0.1, -0.05) is 18.2 Å². The molecule has 0 spiro atoms. The fourth-order valence-corrected chi connectivity index (χ4v) is 2.63. The lowest BCUT2D eigenvalue weighted by molar-refractivity contribution is 0.572. The van der Waals surface area contributed by atoms with E-state index in [2.05, 4.69) is 53.5 Å². The summed E-state index contributed by atoms with van der Waals surface area (Å²) in [6.07, 6.45) is 5.59. The summed E-state index contributed by atoms with van der Waals surface area (Å²) in [6.45, 7) is 5.11. The Morgan fingerprint density at radius 1 is 1.13 bits per heavy atom. The van der Waals surface area contributed by atoms with Crippen molar-refractivity contribution in [3.63, 3.8) is 0 Å². The maximum Gasteiger partial charge on any atom is 0.0537 e. The maximum absolute atomic E-state index is 4.29. The number of hydrogen-bond donors (Lipinski definition) is 1. The van der Waals surface area contributed by atoms with Crippen molar-refractivity contribution in [3.05, 3.63) is 71.8 Å². The zero-order valence-electron chi connectivity index (χ0n) is 13.8. The first-order chi connectivity index (χ1) is 11.1. The number of nitrogens with one attached hydrogen (secondary N) is 1. The monoisotopic (exact) mass is 306 g/mol. The van der Waals surface area contributed by atoms with E-state index in [-0.39, 0.29) is 6.04 Å². The van der Waals surface area contributed by atoms with E-state index in [1.807, 2.05) is 42.5 Å². The van der Waals surface area contributed by atoms with Crippen LogP contribution >= 0.6 is 0 Å². The lowest BCUT2D eigenvalue weighted by atomic mass is 10.0. The number of rotatable bonds is 5. The third kappa shape index (κ3) is 3.48. The van der Waals surface area contributed by atoms with Gasteiger partial charge < -0.3 is 5.32 Å². The quantitative estimate of drug-likeness (QED) is 0.782. The first-order valence-electron chi connectivity index (χ1n) is 7.86. The summed E-state index contributed by atoms with van der Waals surface area (Å²) in [5.74, 6) is 0. The molecule has 0 bridgehead atoms. The Bertz CT molecular complexity index is 777. The van der Waals surface area contributed by atoms with Crippen molar-refractivity contribution in [2.24, 2.45) is 7.05 Å². The largest absolute Gasteiger partial charge is 0.306 e. The minimum absolute atomic E-state index is 0.274. The molecule has 3 aromatic rings. The van der Waals surface area contributed by atoms with Crippen LogP contribution in [0.4, 0.5) is 0 Å². The van der Waals surface area contributed by atoms with E-state index in [4.69, 9.17) is 0 Å². The molecule has 23 heavy (non-hydrogen) atoms. The molecule has 118 valence electrons. The fourth-order valence-electron chi connectivity index (χ4n) is 2.63. The molecule has 4 heteroatoms. The summed E-state index contributed by atoms with van der Waals surface area (Å²) < 4.78 is 1.91. The highest BCUT2D eigenvalue weighted by atomic mass is 15.3. The van der Waals surface area contributed by atoms with Crippen LogP contribution in [0.1, 0.15) is 29.8 Å². The zero-order valence-corrected chi connectivity index (χ0v) is 13.8. The van der Waals surface area contributed by atoms with Gasteiger partial charge in [0.1, 0.15) is 0 Å². The Labute approximate surface area is 137 Å². The normalized spacial score (nSPS) is 12.3. The molecule has 0 aliphatic rings. The first kappa shape index (κ1) is 15.4. The molecule has 0 aliphatic carbocycles. The lowest BCUT2D eigenvalue weighted by Crippen LogP contribution is -2.18. The van der Waals surface area contributed by atoms with Crippen molar-refractivity contribution in [3.8, 4) is 11.1 Å². The van der Waals surface area contributed by atoms with Crippen molar-refractivity contribution in [1.29, 1.82) is 0 Å². The maximum atomic E-state index is 4.29. The smallest absolute Gasteiger partial charge is 0.0537 e. The van der Waals surface area contributed by atoms with Gasteiger partial charge in [0.05, 0.1) is 6.20 Å². The molecule has 4 nitrogen and oxygen atoms in total. The molecule has 0 saturated carbocycles. The molecule has 3 rings (SSSR count). The van der Waals surface area contributed by atoms with E-state index < -0.39 is 0 Å². The second-order valence-electron chi connectivity index (χ2n) is 5.84. The molecule has 0 fully saturated rings. The molecule has 2 aromatic heterocycles. The molecule has 2 heterocycles. The standard InChI is InChI=1S/C19H22N4/c1-14(21-12-19-13-22-23(3)15(19)2)17-5-4-6-18(11-17)16-7-9-20-10-8-16/h4-11,13-14,21H,12H2,1-3H3/t14-/m0/s1. The summed E-state index contributed by atoms with van der Waals surface area (Å²) in [7, 11) is 1.97. The van der Waals surface area contributed by atoms with Gasteiger partial charge in [0, 0.05) is 43.3 Å². The van der Waals surface area contributed by atoms with E-state index in [0.29, 0.717) is 0 Å². The lowest BCUT2D eigenvalue weighted by Gasteiger charge is -2.15. The van der Waals surface area contributed by atoms with Crippen LogP contribution in [-0.2, 0) is 13.6 Å². The van der Waals surface area contributed by atoms with Gasteiger partial charge in [0.25, 0.3) is 0 Å². The highest BCUT2D eigenvalue weighted by Crippen LogP contribution is 2.23. The molecular weight excluding hydrogens is 284 g/mol. The highest BCUT2D eigenvalue weighted by molar-refractivity contribution is 5.63. The Balaban J connectivity index is 1.72. The number of benzene rings is 1. The number of pyridine rings is 1. The topological polar surface area (TPSA) is 42.7 Å². The Morgan fingerprint density at radius 3 is 2.61 bits per heavy atom. The molecule has 1 atom stereocenters. The van der Waals surface area contributed by atoms with E-state index in [1.165, 1.54) is 27.9 Å². The second-order valence-corrected chi connectivity index (χ2v) is 5.84. The van der Waals surface area contributed by atoms with Gasteiger partial charge in [-0.2, -0.15) is 5.10 Å². The summed E-state index contributed by atoms with van der Waals surface area (Å²) in [5, 5.41) is 7.87. The van der Waals surface area contributed by atoms with Gasteiger partial charge in [-0.25, -0.2) is 0 Å². The molecule has 0 saturated heterocycles. The van der Waals surface area contributed by atoms with Gasteiger partial charge in [-0.15, -0.1) is 0 Å². The number of nitrogens with zero attached hydrogens (tertiary/aromatic N) is 3. The third-order valence-corrected chi connectivity index (χ3v) is 4.34. The third-order valence-electron chi connectivity index (χ3n) is 4.34. The fraction of sp³-hybridized carbons (Fsp3) is 0.263. The van der Waals surface area contributed by atoms with Crippen molar-refractivity contribution in [2.75, 3.05) is 0 Å². The summed E-state index contributed by atoms with van der Waals surface area (Å²) in [6, 6.07) is 13.0. The van der Waals surface area contributed by atoms with Gasteiger partial charge in [0.2, 0.25) is 0 Å². The molecule has 0 unspecified atom stereocenters. The van der Waals surface area contributed by atoms with Crippen LogP contribution in [-0.4, -0.2) is 14.8 Å². The van der Waals surface area contributed by atoms with E-state index in [0.717, 1.165) is 6.54 Å². The van der Waals surface area contributed by atoms with Gasteiger partial charge in [0.15, 0.2) is 0 Å². The molecule has 0 radical (unpaired) electrons. The van der Waals surface area contributed by atoms with Crippen molar-refractivity contribution in [2.45, 2.75) is 26.4 Å². The average Bonchev–Trinajstić information content (AvgIpc) is 2.92. The van der Waals surface area contributed by atoms with Crippen molar-refractivity contribution >= 4 is 0 Å². The van der Waals surface area contributed by atoms with Crippen LogP contribution in [0.3, 0.4) is 0 Å². The van der Waals surface area contributed by atoms with Crippen molar-refractivity contribution < 1.29 is 0 Å². The Morgan fingerprint density at radius 2 is 1.91 bits per heavy atom. The van der Waals surface area contributed by atoms with Crippen LogP contribution in [0.5, 0.6) is 0 Å². The first-order valence-corrected chi connectivity index (χ1v) is 7.86. The summed E-state index contributed by atoms with van der Waals surface area (Å²) in [4.78, 5) is 4.08. The van der Waals surface area contributed by atoms with Crippen LogP contribution < -0.4 is 5.32 Å². The van der Waals surface area contributed by atoms with Gasteiger partial charge in [-0.05, 0) is 48.7 Å². The minimum Gasteiger partial charge on any atom is -0.306 e. The average molecular weight is 306 g/mol. The van der Waals surface area contributed by atoms with E-state index in [1.54, 1.807) is 0 Å². The SMILES string of the molecule is Cc1c(CN[C@@H](C)c2cccc(-c3ccncc3)c2)cnn1C. The molecule has 1 N–H and O–H groups in total. The Hall–Kier alpha value is -2.46. The van der Waals surface area contributed by atoms with Crippen LogP contribution in [0, 0.1) is 6.92 Å². The van der Waals surface area contributed by atoms with Crippen molar-refractivity contribution in [1.82, 2.24) is 20.1 Å². The van der Waals surface area contributed by atoms with Gasteiger partial charge >= 0.3 is 0 Å². The van der Waals surface area contributed by atoms with Crippen LogP contribution in [0.15, 0.2) is 55.0 Å². The summed E-state index contributed by atoms with van der Waals surface area (Å²) >= 11 is 0.